The minimum Gasteiger partial charge on any atom is -0.497 e. The van der Waals surface area contributed by atoms with Crippen LogP contribution in [0.2, 0.25) is 0 Å². The zero-order valence-corrected chi connectivity index (χ0v) is 17.5. The topological polar surface area (TPSA) is 51.7 Å². The van der Waals surface area contributed by atoms with E-state index in [2.05, 4.69) is 12.1 Å². The number of aromatic nitrogens is 1. The lowest BCUT2D eigenvalue weighted by atomic mass is 10.1. The minimum absolute atomic E-state index is 0.0431. The fourth-order valence-corrected chi connectivity index (χ4v) is 4.97. The van der Waals surface area contributed by atoms with Gasteiger partial charge in [-0.2, -0.15) is 0 Å². The van der Waals surface area contributed by atoms with Crippen molar-refractivity contribution in [2.45, 2.75) is 23.8 Å². The van der Waals surface area contributed by atoms with E-state index in [0.29, 0.717) is 23.0 Å². The number of rotatable bonds is 6. The Morgan fingerprint density at radius 3 is 2.96 bits per heavy atom. The molecule has 1 aliphatic heterocycles. The maximum atomic E-state index is 13.4. The Morgan fingerprint density at radius 2 is 2.21 bits per heavy atom. The van der Waals surface area contributed by atoms with Gasteiger partial charge in [0, 0.05) is 17.1 Å². The number of nitrogens with zero attached hydrogens (tertiary/aromatic N) is 2. The Labute approximate surface area is 172 Å². The molecule has 1 fully saturated rings. The fourth-order valence-electron chi connectivity index (χ4n) is 3.34. The predicted molar refractivity (Wildman–Crippen MR) is 115 cm³/mol. The number of methoxy groups -OCH3 is 1. The van der Waals surface area contributed by atoms with Crippen molar-refractivity contribution in [3.8, 4) is 5.75 Å². The van der Waals surface area contributed by atoms with E-state index in [9.17, 15) is 4.79 Å². The summed E-state index contributed by atoms with van der Waals surface area (Å²) in [6.45, 7) is 1.26. The van der Waals surface area contributed by atoms with Crippen molar-refractivity contribution in [2.24, 2.45) is 0 Å². The number of hydrogen-bond acceptors (Lipinski definition) is 6. The van der Waals surface area contributed by atoms with Crippen LogP contribution in [0.1, 0.15) is 23.2 Å². The molecule has 28 heavy (non-hydrogen) atoms. The zero-order chi connectivity index (χ0) is 19.5. The van der Waals surface area contributed by atoms with E-state index in [4.69, 9.17) is 14.5 Å². The van der Waals surface area contributed by atoms with Crippen molar-refractivity contribution in [3.05, 3.63) is 48.0 Å². The third-order valence-corrected chi connectivity index (χ3v) is 6.61. The van der Waals surface area contributed by atoms with Crippen LogP contribution in [-0.4, -0.2) is 43.5 Å². The molecule has 1 unspecified atom stereocenters. The van der Waals surface area contributed by atoms with Crippen molar-refractivity contribution < 1.29 is 14.3 Å². The summed E-state index contributed by atoms with van der Waals surface area (Å²) in [5.41, 5.74) is 1.53. The van der Waals surface area contributed by atoms with Crippen molar-refractivity contribution >= 4 is 44.4 Å². The van der Waals surface area contributed by atoms with Crippen LogP contribution in [0.4, 0.5) is 5.13 Å². The Morgan fingerprint density at radius 1 is 1.36 bits per heavy atom. The van der Waals surface area contributed by atoms with E-state index in [-0.39, 0.29) is 12.0 Å². The number of carbonyl (C=O) groups is 1. The normalized spacial score (nSPS) is 16.4. The van der Waals surface area contributed by atoms with Gasteiger partial charge in [-0.3, -0.25) is 9.69 Å². The van der Waals surface area contributed by atoms with Gasteiger partial charge in [0.2, 0.25) is 0 Å². The molecular weight excluding hydrogens is 392 g/mol. The molecule has 3 aromatic rings. The number of thioether (sulfide) groups is 1. The molecule has 0 saturated carbocycles. The van der Waals surface area contributed by atoms with Crippen LogP contribution < -0.4 is 9.64 Å². The highest BCUT2D eigenvalue weighted by Gasteiger charge is 2.27. The molecule has 1 saturated heterocycles. The SMILES string of the molecule is COc1cccc(C(=O)N(CC2CCCO2)c2nc3c(SC)cccc3s2)c1. The van der Waals surface area contributed by atoms with Gasteiger partial charge in [-0.15, -0.1) is 11.8 Å². The van der Waals surface area contributed by atoms with E-state index in [1.807, 2.05) is 30.5 Å². The number of benzene rings is 2. The van der Waals surface area contributed by atoms with E-state index in [1.54, 1.807) is 41.2 Å². The van der Waals surface area contributed by atoms with Crippen LogP contribution in [0, 0.1) is 0 Å². The molecule has 0 radical (unpaired) electrons. The average Bonchev–Trinajstić information content (AvgIpc) is 3.40. The lowest BCUT2D eigenvalue weighted by molar-refractivity contribution is 0.0917. The molecule has 2 aromatic carbocycles. The highest BCUT2D eigenvalue weighted by atomic mass is 32.2. The van der Waals surface area contributed by atoms with Gasteiger partial charge < -0.3 is 9.47 Å². The number of carbonyl (C=O) groups excluding carboxylic acids is 1. The van der Waals surface area contributed by atoms with Crippen LogP contribution in [0.3, 0.4) is 0 Å². The monoisotopic (exact) mass is 414 g/mol. The number of amides is 1. The first-order valence-corrected chi connectivity index (χ1v) is 11.2. The third-order valence-electron chi connectivity index (χ3n) is 4.79. The van der Waals surface area contributed by atoms with Crippen LogP contribution in [0.5, 0.6) is 5.75 Å². The Bertz CT molecular complexity index is 983. The first kappa shape index (κ1) is 19.2. The highest BCUT2D eigenvalue weighted by Crippen LogP contribution is 2.35. The summed E-state index contributed by atoms with van der Waals surface area (Å²) in [4.78, 5) is 21.1. The van der Waals surface area contributed by atoms with Crippen molar-refractivity contribution in [1.29, 1.82) is 0 Å². The summed E-state index contributed by atoms with van der Waals surface area (Å²) in [5, 5.41) is 0.708. The van der Waals surface area contributed by atoms with E-state index in [0.717, 1.165) is 34.6 Å². The lowest BCUT2D eigenvalue weighted by Crippen LogP contribution is -2.37. The van der Waals surface area contributed by atoms with Crippen LogP contribution >= 0.6 is 23.1 Å². The summed E-state index contributed by atoms with van der Waals surface area (Å²) in [6.07, 6.45) is 4.08. The number of fused-ring (bicyclic) bond motifs is 1. The maximum Gasteiger partial charge on any atom is 0.260 e. The van der Waals surface area contributed by atoms with E-state index in [1.165, 1.54) is 0 Å². The molecule has 2 heterocycles. The Kier molecular flexibility index (Phi) is 5.85. The van der Waals surface area contributed by atoms with Crippen molar-refractivity contribution in [3.63, 3.8) is 0 Å². The van der Waals surface area contributed by atoms with Gasteiger partial charge in [0.15, 0.2) is 5.13 Å². The molecule has 146 valence electrons. The molecule has 4 rings (SSSR count). The molecule has 0 bridgehead atoms. The van der Waals surface area contributed by atoms with Crippen molar-refractivity contribution in [1.82, 2.24) is 4.98 Å². The second-order valence-corrected chi connectivity index (χ2v) is 8.44. The molecule has 0 aliphatic carbocycles. The van der Waals surface area contributed by atoms with Gasteiger partial charge in [-0.1, -0.05) is 23.5 Å². The minimum atomic E-state index is -0.0841. The second kappa shape index (κ2) is 8.51. The third kappa shape index (κ3) is 3.87. The predicted octanol–water partition coefficient (Wildman–Crippen LogP) is 4.85. The second-order valence-electron chi connectivity index (χ2n) is 6.59. The van der Waals surface area contributed by atoms with Gasteiger partial charge in [0.25, 0.3) is 5.91 Å². The Balaban J connectivity index is 1.73. The van der Waals surface area contributed by atoms with Gasteiger partial charge in [-0.25, -0.2) is 4.98 Å². The van der Waals surface area contributed by atoms with Gasteiger partial charge >= 0.3 is 0 Å². The molecule has 1 amide bonds. The highest BCUT2D eigenvalue weighted by molar-refractivity contribution is 7.98. The van der Waals surface area contributed by atoms with Crippen LogP contribution in [0.25, 0.3) is 10.2 Å². The summed E-state index contributed by atoms with van der Waals surface area (Å²) < 4.78 is 12.2. The number of hydrogen-bond donors (Lipinski definition) is 0. The van der Waals surface area contributed by atoms with E-state index >= 15 is 0 Å². The van der Waals surface area contributed by atoms with Crippen LogP contribution in [-0.2, 0) is 4.74 Å². The van der Waals surface area contributed by atoms with E-state index < -0.39 is 0 Å². The Hall–Kier alpha value is -2.09. The zero-order valence-electron chi connectivity index (χ0n) is 15.9. The largest absolute Gasteiger partial charge is 0.497 e. The van der Waals surface area contributed by atoms with Crippen LogP contribution in [0.15, 0.2) is 47.4 Å². The quantitative estimate of drug-likeness (QED) is 0.540. The smallest absolute Gasteiger partial charge is 0.260 e. The molecule has 7 heteroatoms. The number of para-hydroxylation sites is 1. The summed E-state index contributed by atoms with van der Waals surface area (Å²) in [6, 6.07) is 13.4. The molecular formula is C21H22N2O3S2. The number of thiazole rings is 1. The first-order chi connectivity index (χ1) is 13.7. The average molecular weight is 415 g/mol. The van der Waals surface area contributed by atoms with Crippen molar-refractivity contribution in [2.75, 3.05) is 31.4 Å². The lowest BCUT2D eigenvalue weighted by Gasteiger charge is -2.23. The summed E-state index contributed by atoms with van der Waals surface area (Å²) in [7, 11) is 1.60. The standard InChI is InChI=1S/C21H22N2O3S2/c1-25-15-7-3-6-14(12-15)20(24)23(13-16-8-5-11-26-16)21-22-19-17(27-2)9-4-10-18(19)28-21/h3-4,6-7,9-10,12,16H,5,8,11,13H2,1-2H3. The molecule has 1 aliphatic rings. The van der Waals surface area contributed by atoms with Gasteiger partial charge in [0.05, 0.1) is 30.0 Å². The van der Waals surface area contributed by atoms with Gasteiger partial charge in [-0.05, 0) is 49.4 Å². The fraction of sp³-hybridized carbons (Fsp3) is 0.333. The molecule has 1 atom stereocenters. The first-order valence-electron chi connectivity index (χ1n) is 9.20. The summed E-state index contributed by atoms with van der Waals surface area (Å²) >= 11 is 3.21. The number of ether oxygens (including phenoxy) is 2. The molecule has 0 N–H and O–H groups in total. The molecule has 5 nitrogen and oxygen atoms in total. The molecule has 1 aromatic heterocycles. The maximum absolute atomic E-state index is 13.4. The van der Waals surface area contributed by atoms with Gasteiger partial charge in [0.1, 0.15) is 5.75 Å². The summed E-state index contributed by atoms with van der Waals surface area (Å²) in [5.74, 6) is 0.580. The number of anilines is 1. The molecule has 0 spiro atoms.